The van der Waals surface area contributed by atoms with Crippen LogP contribution >= 0.6 is 11.6 Å². The highest BCUT2D eigenvalue weighted by molar-refractivity contribution is 6.18. The third-order valence-corrected chi connectivity index (χ3v) is 1.75. The van der Waals surface area contributed by atoms with Crippen LogP contribution in [0.25, 0.3) is 0 Å². The summed E-state index contributed by atoms with van der Waals surface area (Å²) < 4.78 is 0. The highest BCUT2D eigenvalue weighted by Crippen LogP contribution is 2.06. The predicted octanol–water partition coefficient (Wildman–Crippen LogP) is 2.17. The van der Waals surface area contributed by atoms with E-state index in [0.29, 0.717) is 17.9 Å². The van der Waals surface area contributed by atoms with E-state index in [1.54, 1.807) is 18.2 Å². The maximum atomic E-state index is 10.5. The third kappa shape index (κ3) is 2.24. The van der Waals surface area contributed by atoms with Crippen molar-refractivity contribution in [3.8, 4) is 0 Å². The van der Waals surface area contributed by atoms with Gasteiger partial charge in [-0.15, -0.1) is 11.6 Å². The molecule has 0 heterocycles. The van der Waals surface area contributed by atoms with Gasteiger partial charge in [0.25, 0.3) is 0 Å². The molecule has 0 aliphatic carbocycles. The van der Waals surface area contributed by atoms with Crippen molar-refractivity contribution in [1.82, 2.24) is 0 Å². The molecule has 0 saturated carbocycles. The molecule has 0 aliphatic rings. The van der Waals surface area contributed by atoms with Crippen LogP contribution in [-0.2, 0) is 6.42 Å². The minimum atomic E-state index is -0.897. The van der Waals surface area contributed by atoms with Gasteiger partial charge in [0, 0.05) is 5.88 Å². The number of hydrogen-bond acceptors (Lipinski definition) is 1. The molecule has 0 saturated heterocycles. The Labute approximate surface area is 75.8 Å². The molecule has 64 valence electrons. The molecule has 0 fully saturated rings. The molecule has 0 spiro atoms. The zero-order valence-electron chi connectivity index (χ0n) is 6.46. The van der Waals surface area contributed by atoms with Gasteiger partial charge in [-0.25, -0.2) is 4.79 Å². The summed E-state index contributed by atoms with van der Waals surface area (Å²) >= 11 is 5.52. The normalized spacial score (nSPS) is 9.75. The maximum absolute atomic E-state index is 10.5. The van der Waals surface area contributed by atoms with Crippen LogP contribution in [0.15, 0.2) is 24.3 Å². The van der Waals surface area contributed by atoms with Crippen molar-refractivity contribution in [2.45, 2.75) is 6.42 Å². The Morgan fingerprint density at radius 1 is 1.50 bits per heavy atom. The fourth-order valence-electron chi connectivity index (χ4n) is 0.969. The third-order valence-electron chi connectivity index (χ3n) is 1.56. The van der Waals surface area contributed by atoms with E-state index >= 15 is 0 Å². The van der Waals surface area contributed by atoms with Gasteiger partial charge in [-0.2, -0.15) is 0 Å². The van der Waals surface area contributed by atoms with Crippen molar-refractivity contribution < 1.29 is 9.90 Å². The Morgan fingerprint density at radius 2 is 2.25 bits per heavy atom. The van der Waals surface area contributed by atoms with Gasteiger partial charge in [0.05, 0.1) is 5.56 Å². The second-order valence-corrected chi connectivity index (χ2v) is 2.82. The van der Waals surface area contributed by atoms with Crippen LogP contribution in [0.5, 0.6) is 0 Å². The topological polar surface area (TPSA) is 37.3 Å². The number of benzene rings is 1. The van der Waals surface area contributed by atoms with Crippen LogP contribution in [-0.4, -0.2) is 17.0 Å². The lowest BCUT2D eigenvalue weighted by molar-refractivity contribution is 0.0697. The molecule has 1 rings (SSSR count). The fourth-order valence-corrected chi connectivity index (χ4v) is 1.19. The van der Waals surface area contributed by atoms with Gasteiger partial charge in [-0.1, -0.05) is 12.1 Å². The molecule has 1 aromatic rings. The summed E-state index contributed by atoms with van der Waals surface area (Å²) in [5.41, 5.74) is 1.28. The Bertz CT molecular complexity index is 284. The summed E-state index contributed by atoms with van der Waals surface area (Å²) in [4.78, 5) is 10.5. The minimum Gasteiger partial charge on any atom is -0.478 e. The van der Waals surface area contributed by atoms with Crippen molar-refractivity contribution in [2.24, 2.45) is 0 Å². The number of aromatic carboxylic acids is 1. The van der Waals surface area contributed by atoms with E-state index in [9.17, 15) is 4.79 Å². The zero-order chi connectivity index (χ0) is 8.97. The van der Waals surface area contributed by atoms with Crippen LogP contribution < -0.4 is 0 Å². The monoisotopic (exact) mass is 184 g/mol. The first kappa shape index (κ1) is 9.07. The molecular weight excluding hydrogens is 176 g/mol. The Kier molecular flexibility index (Phi) is 3.11. The number of hydrogen-bond donors (Lipinski definition) is 1. The molecule has 3 heteroatoms. The maximum Gasteiger partial charge on any atom is 0.335 e. The number of halogens is 1. The molecule has 0 unspecified atom stereocenters. The summed E-state index contributed by atoms with van der Waals surface area (Å²) in [6.07, 6.45) is 0.711. The molecular formula is C9H9ClO2. The Hall–Kier alpha value is -1.02. The lowest BCUT2D eigenvalue weighted by atomic mass is 10.1. The molecule has 0 aromatic heterocycles. The summed E-state index contributed by atoms with van der Waals surface area (Å²) in [7, 11) is 0. The summed E-state index contributed by atoms with van der Waals surface area (Å²) in [5, 5.41) is 8.64. The molecule has 0 bridgehead atoms. The quantitative estimate of drug-likeness (QED) is 0.731. The van der Waals surface area contributed by atoms with Crippen molar-refractivity contribution in [3.05, 3.63) is 35.4 Å². The van der Waals surface area contributed by atoms with Gasteiger partial charge in [-0.05, 0) is 24.1 Å². The van der Waals surface area contributed by atoms with Gasteiger partial charge in [0.2, 0.25) is 0 Å². The van der Waals surface area contributed by atoms with Crippen LogP contribution in [0.1, 0.15) is 15.9 Å². The molecule has 0 amide bonds. The van der Waals surface area contributed by atoms with E-state index in [0.717, 1.165) is 5.56 Å². The van der Waals surface area contributed by atoms with E-state index in [2.05, 4.69) is 0 Å². The van der Waals surface area contributed by atoms with Crippen LogP contribution in [0.2, 0.25) is 0 Å². The fraction of sp³-hybridized carbons (Fsp3) is 0.222. The van der Waals surface area contributed by atoms with Crippen molar-refractivity contribution in [1.29, 1.82) is 0 Å². The average Bonchev–Trinajstić information content (AvgIpc) is 2.05. The van der Waals surface area contributed by atoms with Gasteiger partial charge >= 0.3 is 5.97 Å². The molecule has 0 atom stereocenters. The molecule has 2 nitrogen and oxygen atoms in total. The number of aryl methyl sites for hydroxylation is 1. The number of carboxylic acid groups (broad SMARTS) is 1. The highest BCUT2D eigenvalue weighted by atomic mass is 35.5. The van der Waals surface area contributed by atoms with E-state index in [4.69, 9.17) is 16.7 Å². The number of alkyl halides is 1. The minimum absolute atomic E-state index is 0.317. The van der Waals surface area contributed by atoms with Crippen LogP contribution in [0.3, 0.4) is 0 Å². The SMILES string of the molecule is O=C(O)c1cccc(CCCl)c1. The van der Waals surface area contributed by atoms with Gasteiger partial charge in [-0.3, -0.25) is 0 Å². The lowest BCUT2D eigenvalue weighted by Crippen LogP contribution is -1.97. The summed E-state index contributed by atoms with van der Waals surface area (Å²) in [6.45, 7) is 0. The molecule has 1 aromatic carbocycles. The molecule has 0 aliphatic heterocycles. The van der Waals surface area contributed by atoms with E-state index in [1.807, 2.05) is 6.07 Å². The number of carboxylic acids is 1. The predicted molar refractivity (Wildman–Crippen MR) is 47.8 cm³/mol. The van der Waals surface area contributed by atoms with Crippen LogP contribution in [0.4, 0.5) is 0 Å². The molecule has 12 heavy (non-hydrogen) atoms. The van der Waals surface area contributed by atoms with Gasteiger partial charge in [0.15, 0.2) is 0 Å². The summed E-state index contributed by atoms with van der Waals surface area (Å²) in [6, 6.07) is 6.81. The standard InChI is InChI=1S/C9H9ClO2/c10-5-4-7-2-1-3-8(6-7)9(11)12/h1-3,6H,4-5H2,(H,11,12). The summed E-state index contributed by atoms with van der Waals surface area (Å²) in [5.74, 6) is -0.380. The van der Waals surface area contributed by atoms with E-state index in [-0.39, 0.29) is 0 Å². The van der Waals surface area contributed by atoms with E-state index in [1.165, 1.54) is 0 Å². The van der Waals surface area contributed by atoms with Crippen molar-refractivity contribution in [2.75, 3.05) is 5.88 Å². The number of carbonyl (C=O) groups is 1. The van der Waals surface area contributed by atoms with Crippen LogP contribution in [0, 0.1) is 0 Å². The smallest absolute Gasteiger partial charge is 0.335 e. The van der Waals surface area contributed by atoms with Crippen molar-refractivity contribution >= 4 is 17.6 Å². The van der Waals surface area contributed by atoms with E-state index < -0.39 is 5.97 Å². The highest BCUT2D eigenvalue weighted by Gasteiger charge is 2.01. The second kappa shape index (κ2) is 4.12. The van der Waals surface area contributed by atoms with Crippen molar-refractivity contribution in [3.63, 3.8) is 0 Å². The molecule has 0 radical (unpaired) electrons. The molecule has 1 N–H and O–H groups in total. The lowest BCUT2D eigenvalue weighted by Gasteiger charge is -1.98. The second-order valence-electron chi connectivity index (χ2n) is 2.44. The first-order chi connectivity index (χ1) is 5.74. The first-order valence-electron chi connectivity index (χ1n) is 3.62. The van der Waals surface area contributed by atoms with Gasteiger partial charge in [0.1, 0.15) is 0 Å². The Balaban J connectivity index is 2.88. The first-order valence-corrected chi connectivity index (χ1v) is 4.15. The largest absolute Gasteiger partial charge is 0.478 e. The Morgan fingerprint density at radius 3 is 2.83 bits per heavy atom. The average molecular weight is 185 g/mol. The van der Waals surface area contributed by atoms with Gasteiger partial charge < -0.3 is 5.11 Å². The number of rotatable bonds is 3. The zero-order valence-corrected chi connectivity index (χ0v) is 7.21.